The zero-order valence-corrected chi connectivity index (χ0v) is 11.8. The van der Waals surface area contributed by atoms with Crippen LogP contribution in [0.5, 0.6) is 5.75 Å². The predicted octanol–water partition coefficient (Wildman–Crippen LogP) is 4.15. The quantitative estimate of drug-likeness (QED) is 0.792. The molecule has 0 aliphatic rings. The largest absolute Gasteiger partial charge is 0.497 e. The summed E-state index contributed by atoms with van der Waals surface area (Å²) < 4.78 is 6.19. The summed E-state index contributed by atoms with van der Waals surface area (Å²) in [7, 11) is 1.68. The highest BCUT2D eigenvalue weighted by atomic mass is 79.9. The van der Waals surface area contributed by atoms with Crippen molar-refractivity contribution in [3.05, 3.63) is 52.8 Å². The predicted molar refractivity (Wildman–Crippen MR) is 74.5 cm³/mol. The third kappa shape index (κ3) is 3.75. The third-order valence-corrected chi connectivity index (χ3v) is 3.71. The molecule has 2 nitrogen and oxygen atoms in total. The number of halogens is 1. The van der Waals surface area contributed by atoms with E-state index in [-0.39, 0.29) is 0 Å². The van der Waals surface area contributed by atoms with Crippen LogP contribution in [0.15, 0.2) is 52.0 Å². The molecule has 0 aliphatic heterocycles. The second-order valence-corrected chi connectivity index (χ2v) is 5.40. The number of nitrogens with zero attached hydrogens (tertiary/aromatic N) is 1. The Kier molecular flexibility index (Phi) is 4.45. The number of hydrogen-bond acceptors (Lipinski definition) is 3. The number of thioether (sulfide) groups is 1. The van der Waals surface area contributed by atoms with E-state index in [4.69, 9.17) is 4.74 Å². The molecule has 0 N–H and O–H groups in total. The van der Waals surface area contributed by atoms with Crippen molar-refractivity contribution < 1.29 is 4.74 Å². The highest BCUT2D eigenvalue weighted by Gasteiger charge is 1.99. The van der Waals surface area contributed by atoms with Gasteiger partial charge in [0.15, 0.2) is 0 Å². The fourth-order valence-corrected chi connectivity index (χ4v) is 2.43. The highest BCUT2D eigenvalue weighted by Crippen LogP contribution is 2.25. The van der Waals surface area contributed by atoms with Crippen molar-refractivity contribution >= 4 is 27.7 Å². The summed E-state index contributed by atoms with van der Waals surface area (Å²) >= 11 is 5.13. The molecule has 0 radical (unpaired) electrons. The van der Waals surface area contributed by atoms with Crippen molar-refractivity contribution in [3.8, 4) is 5.75 Å². The lowest BCUT2D eigenvalue weighted by Crippen LogP contribution is -1.86. The summed E-state index contributed by atoms with van der Waals surface area (Å²) in [6.45, 7) is 0. The summed E-state index contributed by atoms with van der Waals surface area (Å²) in [4.78, 5) is 5.53. The van der Waals surface area contributed by atoms with Crippen molar-refractivity contribution in [2.24, 2.45) is 0 Å². The van der Waals surface area contributed by atoms with Gasteiger partial charge in [0.1, 0.15) is 5.75 Å². The van der Waals surface area contributed by atoms with Crippen LogP contribution in [0, 0.1) is 0 Å². The summed E-state index contributed by atoms with van der Waals surface area (Å²) in [6, 6.07) is 12.1. The van der Waals surface area contributed by atoms with Gasteiger partial charge >= 0.3 is 0 Å². The van der Waals surface area contributed by atoms with Gasteiger partial charge in [-0.05, 0) is 46.3 Å². The van der Waals surface area contributed by atoms with Crippen LogP contribution in [-0.4, -0.2) is 12.1 Å². The van der Waals surface area contributed by atoms with Gasteiger partial charge in [0.2, 0.25) is 0 Å². The standard InChI is InChI=1S/C13H12BrNOS/c1-16-12-3-2-4-13(7-12)17-9-11-6-5-10(14)8-15-11/h2-8H,9H2,1H3. The van der Waals surface area contributed by atoms with E-state index in [9.17, 15) is 0 Å². The van der Waals surface area contributed by atoms with Gasteiger partial charge in [-0.3, -0.25) is 4.98 Å². The summed E-state index contributed by atoms with van der Waals surface area (Å²) in [6.07, 6.45) is 1.82. The number of hydrogen-bond donors (Lipinski definition) is 0. The first-order chi connectivity index (χ1) is 8.28. The maximum atomic E-state index is 5.19. The van der Waals surface area contributed by atoms with Crippen molar-refractivity contribution in [2.75, 3.05) is 7.11 Å². The van der Waals surface area contributed by atoms with Gasteiger partial charge in [-0.2, -0.15) is 0 Å². The molecular weight excluding hydrogens is 298 g/mol. The van der Waals surface area contributed by atoms with E-state index in [2.05, 4.69) is 27.0 Å². The normalized spacial score (nSPS) is 10.2. The Hall–Kier alpha value is -1.00. The van der Waals surface area contributed by atoms with Gasteiger partial charge in [-0.25, -0.2) is 0 Å². The Morgan fingerprint density at radius 3 is 2.88 bits per heavy atom. The number of rotatable bonds is 4. The second-order valence-electron chi connectivity index (χ2n) is 3.44. The number of aromatic nitrogens is 1. The molecule has 1 aromatic carbocycles. The number of ether oxygens (including phenoxy) is 1. The minimum absolute atomic E-state index is 0.862. The van der Waals surface area contributed by atoms with Gasteiger partial charge in [0, 0.05) is 21.3 Å². The van der Waals surface area contributed by atoms with Gasteiger partial charge in [-0.15, -0.1) is 11.8 Å². The van der Waals surface area contributed by atoms with Crippen LogP contribution in [0.4, 0.5) is 0 Å². The zero-order chi connectivity index (χ0) is 12.1. The molecular formula is C13H12BrNOS. The average molecular weight is 310 g/mol. The van der Waals surface area contributed by atoms with Crippen molar-refractivity contribution in [2.45, 2.75) is 10.6 Å². The molecule has 1 heterocycles. The molecule has 88 valence electrons. The molecule has 0 saturated carbocycles. The molecule has 0 spiro atoms. The summed E-state index contributed by atoms with van der Waals surface area (Å²) in [5.41, 5.74) is 1.07. The SMILES string of the molecule is COc1cccc(SCc2ccc(Br)cn2)c1. The first kappa shape index (κ1) is 12.5. The first-order valence-electron chi connectivity index (χ1n) is 5.15. The zero-order valence-electron chi connectivity index (χ0n) is 9.39. The lowest BCUT2D eigenvalue weighted by molar-refractivity contribution is 0.413. The average Bonchev–Trinajstić information content (AvgIpc) is 2.38. The van der Waals surface area contributed by atoms with Crippen molar-refractivity contribution in [1.29, 1.82) is 0 Å². The Balaban J connectivity index is 1.99. The molecule has 2 aromatic rings. The highest BCUT2D eigenvalue weighted by molar-refractivity contribution is 9.10. The smallest absolute Gasteiger partial charge is 0.119 e. The van der Waals surface area contributed by atoms with Crippen molar-refractivity contribution in [3.63, 3.8) is 0 Å². The molecule has 0 saturated heterocycles. The van der Waals surface area contributed by atoms with E-state index >= 15 is 0 Å². The third-order valence-electron chi connectivity index (χ3n) is 2.22. The van der Waals surface area contributed by atoms with Gasteiger partial charge in [0.05, 0.1) is 12.8 Å². The lowest BCUT2D eigenvalue weighted by atomic mass is 10.3. The summed E-state index contributed by atoms with van der Waals surface area (Å²) in [5.74, 6) is 1.75. The number of benzene rings is 1. The van der Waals surface area contributed by atoms with E-state index < -0.39 is 0 Å². The Morgan fingerprint density at radius 1 is 1.29 bits per heavy atom. The minimum Gasteiger partial charge on any atom is -0.497 e. The van der Waals surface area contributed by atoms with E-state index in [0.717, 1.165) is 21.7 Å². The maximum absolute atomic E-state index is 5.19. The van der Waals surface area contributed by atoms with Crippen LogP contribution in [0.1, 0.15) is 5.69 Å². The monoisotopic (exact) mass is 309 g/mol. The summed E-state index contributed by atoms with van der Waals surface area (Å²) in [5, 5.41) is 0. The second kappa shape index (κ2) is 6.07. The van der Waals surface area contributed by atoms with Crippen LogP contribution < -0.4 is 4.74 Å². The van der Waals surface area contributed by atoms with Gasteiger partial charge in [0.25, 0.3) is 0 Å². The first-order valence-corrected chi connectivity index (χ1v) is 6.93. The maximum Gasteiger partial charge on any atom is 0.119 e. The molecule has 2 rings (SSSR count). The van der Waals surface area contributed by atoms with E-state index in [1.807, 2.05) is 36.5 Å². The van der Waals surface area contributed by atoms with E-state index in [0.29, 0.717) is 0 Å². The fraction of sp³-hybridized carbons (Fsp3) is 0.154. The number of methoxy groups -OCH3 is 1. The van der Waals surface area contributed by atoms with Crippen LogP contribution in [0.3, 0.4) is 0 Å². The Bertz CT molecular complexity index is 487. The molecule has 0 aliphatic carbocycles. The molecule has 0 bridgehead atoms. The van der Waals surface area contributed by atoms with Crippen molar-refractivity contribution in [1.82, 2.24) is 4.98 Å². The minimum atomic E-state index is 0.862. The van der Waals surface area contributed by atoms with Gasteiger partial charge < -0.3 is 4.74 Å². The van der Waals surface area contributed by atoms with E-state index in [1.165, 1.54) is 4.90 Å². The Morgan fingerprint density at radius 2 is 2.18 bits per heavy atom. The molecule has 4 heteroatoms. The molecule has 17 heavy (non-hydrogen) atoms. The van der Waals surface area contributed by atoms with Gasteiger partial charge in [-0.1, -0.05) is 6.07 Å². The molecule has 0 amide bonds. The van der Waals surface area contributed by atoms with Crippen LogP contribution in [0.2, 0.25) is 0 Å². The fourth-order valence-electron chi connectivity index (χ4n) is 1.34. The van der Waals surface area contributed by atoms with Crippen LogP contribution >= 0.6 is 27.7 Å². The van der Waals surface area contributed by atoms with E-state index in [1.54, 1.807) is 18.9 Å². The lowest BCUT2D eigenvalue weighted by Gasteiger charge is -2.04. The molecule has 0 unspecified atom stereocenters. The molecule has 0 atom stereocenters. The van der Waals surface area contributed by atoms with Crippen LogP contribution in [-0.2, 0) is 5.75 Å². The molecule has 1 aromatic heterocycles. The number of pyridine rings is 1. The topological polar surface area (TPSA) is 22.1 Å². The van der Waals surface area contributed by atoms with Crippen LogP contribution in [0.25, 0.3) is 0 Å². The Labute approximate surface area is 114 Å². The molecule has 0 fully saturated rings.